The minimum atomic E-state index is 0.00956. The van der Waals surface area contributed by atoms with E-state index in [1.54, 1.807) is 0 Å². The topological polar surface area (TPSA) is 43.2 Å². The Kier molecular flexibility index (Phi) is 3.79. The summed E-state index contributed by atoms with van der Waals surface area (Å²) in [6.07, 6.45) is 2.86. The van der Waals surface area contributed by atoms with Crippen LogP contribution in [0.1, 0.15) is 27.2 Å². The van der Waals surface area contributed by atoms with Crippen LogP contribution in [0.25, 0.3) is 0 Å². The van der Waals surface area contributed by atoms with E-state index >= 15 is 0 Å². The van der Waals surface area contributed by atoms with E-state index in [2.05, 4.69) is 41.3 Å². The molecule has 0 unspecified atom stereocenters. The highest BCUT2D eigenvalue weighted by atomic mass is 15.8. The van der Waals surface area contributed by atoms with Crippen molar-refractivity contribution in [2.45, 2.75) is 32.7 Å². The first-order valence-corrected chi connectivity index (χ1v) is 6.38. The summed E-state index contributed by atoms with van der Waals surface area (Å²) in [7, 11) is 0. The Labute approximate surface area is 104 Å². The summed E-state index contributed by atoms with van der Waals surface area (Å²) < 4.78 is 0. The van der Waals surface area contributed by atoms with Crippen molar-refractivity contribution < 1.29 is 0 Å². The van der Waals surface area contributed by atoms with Crippen LogP contribution in [0.2, 0.25) is 0 Å². The third-order valence-electron chi connectivity index (χ3n) is 2.78. The summed E-state index contributed by atoms with van der Waals surface area (Å²) in [6, 6.07) is 0. The highest BCUT2D eigenvalue weighted by molar-refractivity contribution is 5.98. The van der Waals surface area contributed by atoms with Gasteiger partial charge in [0.1, 0.15) is 0 Å². The Balaban J connectivity index is 1.99. The Morgan fingerprint density at radius 1 is 1.29 bits per heavy atom. The lowest BCUT2D eigenvalue weighted by atomic mass is 10.1. The molecule has 96 valence electrons. The van der Waals surface area contributed by atoms with Crippen LogP contribution < -0.4 is 5.32 Å². The monoisotopic (exact) mass is 237 g/mol. The van der Waals surface area contributed by atoms with Crippen molar-refractivity contribution >= 4 is 11.9 Å². The van der Waals surface area contributed by atoms with Crippen LogP contribution in [0.5, 0.6) is 0 Å². The zero-order valence-electron chi connectivity index (χ0n) is 11.1. The molecular formula is C12H23N5. The largest absolute Gasteiger partial charge is 0.314 e. The predicted molar refractivity (Wildman–Crippen MR) is 71.4 cm³/mol. The summed E-state index contributed by atoms with van der Waals surface area (Å²) in [6.45, 7) is 11.4. The number of hydrazone groups is 1. The van der Waals surface area contributed by atoms with E-state index in [1.165, 1.54) is 5.71 Å². The van der Waals surface area contributed by atoms with Crippen LogP contribution in [-0.4, -0.2) is 60.3 Å². The van der Waals surface area contributed by atoms with Crippen LogP contribution in [0.3, 0.4) is 0 Å². The van der Waals surface area contributed by atoms with E-state index in [0.29, 0.717) is 0 Å². The molecule has 0 aromatic heterocycles. The van der Waals surface area contributed by atoms with Gasteiger partial charge < -0.3 is 5.32 Å². The summed E-state index contributed by atoms with van der Waals surface area (Å²) in [5, 5.41) is 12.2. The number of nitrogens with one attached hydrogen (secondary N) is 1. The fraction of sp³-hybridized carbons (Fsp3) is 0.833. The van der Waals surface area contributed by atoms with Crippen molar-refractivity contribution in [3.63, 3.8) is 0 Å². The summed E-state index contributed by atoms with van der Waals surface area (Å²) in [5.74, 6) is 0. The van der Waals surface area contributed by atoms with Gasteiger partial charge in [0.2, 0.25) is 0 Å². The average molecular weight is 237 g/mol. The molecule has 0 spiro atoms. The lowest BCUT2D eigenvalue weighted by molar-refractivity contribution is -0.0200. The first kappa shape index (κ1) is 12.5. The maximum Gasteiger partial charge on any atom is 0.0917 e. The minimum absolute atomic E-state index is 0.00956. The predicted octanol–water partition coefficient (Wildman–Crippen LogP) is 0.738. The van der Waals surface area contributed by atoms with Crippen LogP contribution in [0.4, 0.5) is 0 Å². The number of hydrogen-bond donors (Lipinski definition) is 1. The molecule has 1 fully saturated rings. The summed E-state index contributed by atoms with van der Waals surface area (Å²) >= 11 is 0. The van der Waals surface area contributed by atoms with E-state index in [-0.39, 0.29) is 5.54 Å². The Morgan fingerprint density at radius 3 is 2.65 bits per heavy atom. The van der Waals surface area contributed by atoms with E-state index in [1.807, 2.05) is 6.21 Å². The second-order valence-corrected chi connectivity index (χ2v) is 5.59. The zero-order chi connectivity index (χ0) is 12.3. The first-order valence-electron chi connectivity index (χ1n) is 6.38. The van der Waals surface area contributed by atoms with E-state index in [4.69, 9.17) is 4.99 Å². The van der Waals surface area contributed by atoms with Crippen molar-refractivity contribution in [2.75, 3.05) is 32.7 Å². The molecule has 0 radical (unpaired) electrons. The zero-order valence-corrected chi connectivity index (χ0v) is 11.1. The van der Waals surface area contributed by atoms with Gasteiger partial charge in [-0.3, -0.25) is 4.99 Å². The van der Waals surface area contributed by atoms with Gasteiger partial charge in [-0.05, 0) is 20.8 Å². The third kappa shape index (κ3) is 3.78. The molecule has 2 aliphatic heterocycles. The van der Waals surface area contributed by atoms with Gasteiger partial charge >= 0.3 is 0 Å². The summed E-state index contributed by atoms with van der Waals surface area (Å²) in [5.41, 5.74) is 1.24. The molecule has 0 aliphatic carbocycles. The molecule has 0 saturated carbocycles. The van der Waals surface area contributed by atoms with Crippen LogP contribution >= 0.6 is 0 Å². The molecule has 5 heteroatoms. The Morgan fingerprint density at radius 2 is 2.00 bits per heavy atom. The van der Waals surface area contributed by atoms with Gasteiger partial charge in [-0.2, -0.15) is 5.10 Å². The molecule has 2 aliphatic rings. The molecule has 1 saturated heterocycles. The van der Waals surface area contributed by atoms with Gasteiger partial charge in [-0.25, -0.2) is 10.1 Å². The quantitative estimate of drug-likeness (QED) is 0.731. The average Bonchev–Trinajstić information content (AvgIpc) is 2.28. The smallest absolute Gasteiger partial charge is 0.0917 e. The number of hydrogen-bond acceptors (Lipinski definition) is 5. The number of aliphatic imine (C=N–C) groups is 1. The maximum absolute atomic E-state index is 4.75. The minimum Gasteiger partial charge on any atom is -0.314 e. The van der Waals surface area contributed by atoms with E-state index in [0.717, 1.165) is 39.1 Å². The summed E-state index contributed by atoms with van der Waals surface area (Å²) in [4.78, 5) is 4.75. The highest BCUT2D eigenvalue weighted by Crippen LogP contribution is 2.12. The van der Waals surface area contributed by atoms with Gasteiger partial charge in [-0.15, -0.1) is 0 Å². The van der Waals surface area contributed by atoms with Gasteiger partial charge in [0.05, 0.1) is 12.1 Å². The molecule has 2 rings (SSSR count). The highest BCUT2D eigenvalue weighted by Gasteiger charge is 2.21. The first-order chi connectivity index (χ1) is 8.04. The normalized spacial score (nSPS) is 25.6. The number of nitrogens with zero attached hydrogens (tertiary/aromatic N) is 4. The molecule has 17 heavy (non-hydrogen) atoms. The second-order valence-electron chi connectivity index (χ2n) is 5.59. The van der Waals surface area contributed by atoms with E-state index in [9.17, 15) is 0 Å². The van der Waals surface area contributed by atoms with Crippen LogP contribution in [-0.2, 0) is 0 Å². The SMILES string of the molecule is CC(C)(C)N=C1CC=NN(N2CCNCC2)C1. The molecular weight excluding hydrogens is 214 g/mol. The second kappa shape index (κ2) is 5.14. The van der Waals surface area contributed by atoms with Gasteiger partial charge in [0.15, 0.2) is 0 Å². The number of hydrazine groups is 1. The number of piperazine rings is 1. The van der Waals surface area contributed by atoms with Crippen LogP contribution in [0.15, 0.2) is 10.1 Å². The van der Waals surface area contributed by atoms with E-state index < -0.39 is 0 Å². The molecule has 0 bridgehead atoms. The maximum atomic E-state index is 4.75. The van der Waals surface area contributed by atoms with Gasteiger partial charge in [0.25, 0.3) is 0 Å². The third-order valence-corrected chi connectivity index (χ3v) is 2.78. The lowest BCUT2D eigenvalue weighted by Gasteiger charge is -2.37. The number of rotatable bonds is 1. The fourth-order valence-electron chi connectivity index (χ4n) is 2.12. The van der Waals surface area contributed by atoms with Crippen molar-refractivity contribution in [1.82, 2.24) is 15.4 Å². The molecule has 0 aromatic carbocycles. The van der Waals surface area contributed by atoms with Crippen molar-refractivity contribution in [3.05, 3.63) is 0 Å². The molecule has 1 N–H and O–H groups in total. The van der Waals surface area contributed by atoms with Crippen molar-refractivity contribution in [3.8, 4) is 0 Å². The van der Waals surface area contributed by atoms with Gasteiger partial charge in [0, 0.05) is 44.5 Å². The van der Waals surface area contributed by atoms with Crippen molar-refractivity contribution in [2.24, 2.45) is 10.1 Å². The molecule has 2 heterocycles. The standard InChI is InChI=1S/C12H23N5/c1-12(2,3)15-11-4-5-14-17(10-11)16-8-6-13-7-9-16/h5,13H,4,6-10H2,1-3H3. The molecule has 0 amide bonds. The molecule has 5 nitrogen and oxygen atoms in total. The lowest BCUT2D eigenvalue weighted by Crippen LogP contribution is -2.52. The Bertz CT molecular complexity index is 309. The Hall–Kier alpha value is -0.940. The fourth-order valence-corrected chi connectivity index (χ4v) is 2.12. The molecule has 0 atom stereocenters. The molecule has 0 aromatic rings. The van der Waals surface area contributed by atoms with Crippen LogP contribution in [0, 0.1) is 0 Å². The van der Waals surface area contributed by atoms with Gasteiger partial charge in [-0.1, -0.05) is 0 Å². The van der Waals surface area contributed by atoms with Crippen molar-refractivity contribution in [1.29, 1.82) is 0 Å².